The molecule has 2 spiro atoms. The fourth-order valence-corrected chi connectivity index (χ4v) is 13.1. The lowest BCUT2D eigenvalue weighted by atomic mass is 9.41. The van der Waals surface area contributed by atoms with Gasteiger partial charge in [-0.15, -0.1) is 0 Å². The van der Waals surface area contributed by atoms with E-state index in [-0.39, 0.29) is 40.5 Å². The topological polar surface area (TPSA) is 81.1 Å². The third kappa shape index (κ3) is 3.63. The molecule has 0 radical (unpaired) electrons. The van der Waals surface area contributed by atoms with Crippen LogP contribution in [0.4, 0.5) is 0 Å². The van der Waals surface area contributed by atoms with Gasteiger partial charge in [0.25, 0.3) is 5.91 Å². The first-order valence-corrected chi connectivity index (χ1v) is 17.3. The Labute approximate surface area is 257 Å². The van der Waals surface area contributed by atoms with Gasteiger partial charge in [-0.2, -0.15) is 0 Å². The first-order valence-electron chi connectivity index (χ1n) is 17.3. The molecule has 1 aromatic heterocycles. The summed E-state index contributed by atoms with van der Waals surface area (Å²) in [6.45, 7) is 14.6. The molecule has 43 heavy (non-hydrogen) atoms. The van der Waals surface area contributed by atoms with Crippen molar-refractivity contribution >= 4 is 5.91 Å². The molecule has 236 valence electrons. The Morgan fingerprint density at radius 3 is 2.58 bits per heavy atom. The van der Waals surface area contributed by atoms with Crippen molar-refractivity contribution in [3.63, 3.8) is 0 Å². The van der Waals surface area contributed by atoms with Crippen molar-refractivity contribution < 1.29 is 24.1 Å². The molecular weight excluding hydrogens is 540 g/mol. The number of hydrogen-bond donors (Lipinski definition) is 1. The summed E-state index contributed by atoms with van der Waals surface area (Å²) in [6, 6.07) is 5.47. The largest absolute Gasteiger partial charge is 0.390 e. The lowest BCUT2D eigenvalue weighted by molar-refractivity contribution is -0.245. The van der Waals surface area contributed by atoms with E-state index >= 15 is 0 Å². The molecule has 1 N–H and O–H groups in total. The maximum Gasteiger partial charge on any atom is 0.272 e. The van der Waals surface area contributed by atoms with Crippen molar-refractivity contribution in [2.75, 3.05) is 26.3 Å². The summed E-state index contributed by atoms with van der Waals surface area (Å²) in [6.07, 6.45) is 10.6. The zero-order valence-electron chi connectivity index (χ0n) is 26.9. The van der Waals surface area contributed by atoms with Crippen molar-refractivity contribution in [3.05, 3.63) is 30.1 Å². The molecule has 1 amide bonds. The van der Waals surface area contributed by atoms with Crippen LogP contribution < -0.4 is 0 Å². The lowest BCUT2D eigenvalue weighted by Gasteiger charge is -2.63. The van der Waals surface area contributed by atoms with E-state index in [9.17, 15) is 9.90 Å². The number of aliphatic hydroxyl groups excluding tert-OH is 1. The van der Waals surface area contributed by atoms with Crippen LogP contribution in [0.3, 0.4) is 0 Å². The van der Waals surface area contributed by atoms with Crippen LogP contribution in [-0.2, 0) is 14.2 Å². The van der Waals surface area contributed by atoms with Crippen LogP contribution in [0.5, 0.6) is 0 Å². The van der Waals surface area contributed by atoms with Crippen molar-refractivity contribution in [3.8, 4) is 0 Å². The average Bonchev–Trinajstić information content (AvgIpc) is 3.63. The minimum Gasteiger partial charge on any atom is -0.390 e. The number of aliphatic hydroxyl groups is 1. The second-order valence-corrected chi connectivity index (χ2v) is 16.7. The number of rotatable bonds is 3. The third-order valence-electron chi connectivity index (χ3n) is 15.2. The first kappa shape index (κ1) is 28.9. The normalized spacial score (nSPS) is 51.3. The minimum atomic E-state index is -0.405. The number of amides is 1. The maximum atomic E-state index is 13.1. The van der Waals surface area contributed by atoms with Gasteiger partial charge in [0.05, 0.1) is 31.5 Å². The molecule has 8 rings (SSSR count). The van der Waals surface area contributed by atoms with Crippen LogP contribution in [0.25, 0.3) is 0 Å². The maximum absolute atomic E-state index is 13.1. The number of carbonyl (C=O) groups excluding carboxylic acids is 1. The number of pyridine rings is 1. The van der Waals surface area contributed by atoms with Gasteiger partial charge in [-0.3, -0.25) is 9.78 Å². The Balaban J connectivity index is 1.01. The van der Waals surface area contributed by atoms with E-state index in [1.54, 1.807) is 12.3 Å². The molecule has 2 aliphatic heterocycles. The molecule has 0 bridgehead atoms. The molecule has 8 unspecified atom stereocenters. The number of carbonyl (C=O) groups is 1. The summed E-state index contributed by atoms with van der Waals surface area (Å²) in [7, 11) is 0. The number of nitrogens with zero attached hydrogens (tertiary/aromatic N) is 2. The van der Waals surface area contributed by atoms with Gasteiger partial charge >= 0.3 is 0 Å². The minimum absolute atomic E-state index is 0.00140. The smallest absolute Gasteiger partial charge is 0.272 e. The molecule has 7 nitrogen and oxygen atoms in total. The molecule has 5 aliphatic carbocycles. The molecule has 7 aliphatic rings. The van der Waals surface area contributed by atoms with Gasteiger partial charge in [0.2, 0.25) is 0 Å². The number of aromatic nitrogens is 1. The van der Waals surface area contributed by atoms with E-state index in [1.807, 2.05) is 17.0 Å². The summed E-state index contributed by atoms with van der Waals surface area (Å²) in [5.41, 5.74) is 1.24. The third-order valence-corrected chi connectivity index (χ3v) is 15.2. The molecular formula is C36H52N2O5. The fourth-order valence-electron chi connectivity index (χ4n) is 13.1. The SMILES string of the molecule is C[C@@H]1CCOC2C1C1(C)CCC34CC35CCC(OC3CN(C(=O)c6ccccn6)CCO3)C(C)(C)[C@@H]5CCC4[C@]1(C)[C@H]2O. The molecule has 12 atom stereocenters. The highest BCUT2D eigenvalue weighted by Crippen LogP contribution is 2.89. The molecule has 7 fully saturated rings. The number of morpholine rings is 1. The Morgan fingerprint density at radius 2 is 1.79 bits per heavy atom. The van der Waals surface area contributed by atoms with Gasteiger partial charge in [0.1, 0.15) is 5.69 Å². The second kappa shape index (κ2) is 9.49. The summed E-state index contributed by atoms with van der Waals surface area (Å²) in [5, 5.41) is 12.1. The second-order valence-electron chi connectivity index (χ2n) is 16.7. The molecule has 5 saturated carbocycles. The zero-order valence-corrected chi connectivity index (χ0v) is 26.9. The van der Waals surface area contributed by atoms with E-state index in [1.165, 1.54) is 38.5 Å². The van der Waals surface area contributed by atoms with Crippen LogP contribution in [0.1, 0.15) is 96.5 Å². The first-order chi connectivity index (χ1) is 20.5. The molecule has 3 heterocycles. The average molecular weight is 593 g/mol. The molecule has 1 aromatic rings. The molecule has 7 heteroatoms. The monoisotopic (exact) mass is 592 g/mol. The molecule has 0 aromatic carbocycles. The van der Waals surface area contributed by atoms with E-state index in [4.69, 9.17) is 14.2 Å². The highest BCUT2D eigenvalue weighted by Gasteiger charge is 2.84. The van der Waals surface area contributed by atoms with E-state index in [0.717, 1.165) is 19.4 Å². The van der Waals surface area contributed by atoms with Crippen LogP contribution in [0, 0.1) is 50.7 Å². The van der Waals surface area contributed by atoms with E-state index < -0.39 is 6.29 Å². The number of ether oxygens (including phenoxy) is 3. The van der Waals surface area contributed by atoms with Crippen molar-refractivity contribution in [2.24, 2.45) is 50.7 Å². The van der Waals surface area contributed by atoms with Gasteiger partial charge in [-0.25, -0.2) is 0 Å². The van der Waals surface area contributed by atoms with Crippen LogP contribution in [-0.4, -0.2) is 71.8 Å². The quantitative estimate of drug-likeness (QED) is 0.484. The predicted molar refractivity (Wildman–Crippen MR) is 162 cm³/mol. The molecule has 2 saturated heterocycles. The highest BCUT2D eigenvalue weighted by molar-refractivity contribution is 5.92. The lowest BCUT2D eigenvalue weighted by Crippen LogP contribution is -2.60. The van der Waals surface area contributed by atoms with Gasteiger partial charge in [0, 0.05) is 24.8 Å². The van der Waals surface area contributed by atoms with Gasteiger partial charge < -0.3 is 24.2 Å². The van der Waals surface area contributed by atoms with Gasteiger partial charge in [0.15, 0.2) is 6.29 Å². The Hall–Kier alpha value is -1.54. The number of hydrogen-bond acceptors (Lipinski definition) is 6. The van der Waals surface area contributed by atoms with Crippen molar-refractivity contribution in [1.82, 2.24) is 9.88 Å². The Morgan fingerprint density at radius 1 is 1.00 bits per heavy atom. The van der Waals surface area contributed by atoms with Crippen molar-refractivity contribution in [2.45, 2.75) is 111 Å². The zero-order chi connectivity index (χ0) is 30.0. The van der Waals surface area contributed by atoms with Crippen LogP contribution in [0.15, 0.2) is 24.4 Å². The Bertz CT molecular complexity index is 1270. The van der Waals surface area contributed by atoms with Crippen LogP contribution >= 0.6 is 0 Å². The predicted octanol–water partition coefficient (Wildman–Crippen LogP) is 5.71. The van der Waals surface area contributed by atoms with Crippen LogP contribution in [0.2, 0.25) is 0 Å². The highest BCUT2D eigenvalue weighted by atomic mass is 16.7. The van der Waals surface area contributed by atoms with Crippen molar-refractivity contribution in [1.29, 1.82) is 0 Å². The van der Waals surface area contributed by atoms with E-state index in [2.05, 4.69) is 39.6 Å². The van der Waals surface area contributed by atoms with Gasteiger partial charge in [-0.1, -0.05) is 40.7 Å². The fraction of sp³-hybridized carbons (Fsp3) is 0.833. The van der Waals surface area contributed by atoms with Gasteiger partial charge in [-0.05, 0) is 109 Å². The summed E-state index contributed by atoms with van der Waals surface area (Å²) < 4.78 is 19.3. The Kier molecular flexibility index (Phi) is 6.38. The summed E-state index contributed by atoms with van der Waals surface area (Å²) >= 11 is 0. The number of fused-ring (bicyclic) bond motifs is 4. The van der Waals surface area contributed by atoms with E-state index in [0.29, 0.717) is 59.9 Å². The standard InChI is InChI=1S/C36H52N2O5/c1-22-12-18-42-29-28(22)33(4)14-15-36-21-35(36)13-11-26(32(2,3)24(35)9-10-25(36)34(33,5)30(29)39)43-27-20-38(17-19-41-27)31(40)23-8-6-7-16-37-23/h6-8,16,22,24-30,39H,9-15,17-21H2,1-5H3/t22-,24+,25?,26?,27?,28?,29?,30+,33?,34-,35?,36?/m1/s1. The summed E-state index contributed by atoms with van der Waals surface area (Å²) in [4.78, 5) is 19.2. The summed E-state index contributed by atoms with van der Waals surface area (Å²) in [5.74, 6) is 2.19.